The second-order valence-electron chi connectivity index (χ2n) is 4.65. The summed E-state index contributed by atoms with van der Waals surface area (Å²) in [4.78, 5) is 18.5. The minimum absolute atomic E-state index is 0.0422. The molecule has 2 aromatic rings. The first-order valence-electron chi connectivity index (χ1n) is 6.42. The summed E-state index contributed by atoms with van der Waals surface area (Å²) in [7, 11) is 1.69. The SMILES string of the molecule is CCc1nc2ccc(C)cn2c1C(=O)N(C)CCO. The summed E-state index contributed by atoms with van der Waals surface area (Å²) in [6.07, 6.45) is 2.62. The van der Waals surface area contributed by atoms with Gasteiger partial charge in [-0.25, -0.2) is 4.98 Å². The monoisotopic (exact) mass is 261 g/mol. The quantitative estimate of drug-likeness (QED) is 0.901. The number of carbonyl (C=O) groups is 1. The Balaban J connectivity index is 2.56. The van der Waals surface area contributed by atoms with E-state index in [0.29, 0.717) is 18.7 Å². The molecule has 102 valence electrons. The van der Waals surface area contributed by atoms with Crippen LogP contribution in [-0.4, -0.2) is 45.5 Å². The molecule has 0 saturated carbocycles. The van der Waals surface area contributed by atoms with Crippen LogP contribution >= 0.6 is 0 Å². The predicted octanol–water partition coefficient (Wildman–Crippen LogP) is 1.27. The van der Waals surface area contributed by atoms with Crippen molar-refractivity contribution in [3.8, 4) is 0 Å². The number of imidazole rings is 1. The average Bonchev–Trinajstić information content (AvgIpc) is 2.75. The standard InChI is InChI=1S/C14H19N3O2/c1-4-11-13(14(19)16(3)7-8-18)17-9-10(2)5-6-12(17)15-11/h5-6,9,18H,4,7-8H2,1-3H3. The van der Waals surface area contributed by atoms with Gasteiger partial charge in [-0.2, -0.15) is 0 Å². The molecule has 0 aliphatic heterocycles. The first-order valence-corrected chi connectivity index (χ1v) is 6.42. The van der Waals surface area contributed by atoms with E-state index in [1.54, 1.807) is 7.05 Å². The molecule has 2 aromatic heterocycles. The molecule has 0 aliphatic rings. The van der Waals surface area contributed by atoms with Crippen molar-refractivity contribution < 1.29 is 9.90 Å². The molecule has 0 fully saturated rings. The average molecular weight is 261 g/mol. The van der Waals surface area contributed by atoms with Gasteiger partial charge in [0, 0.05) is 19.8 Å². The minimum Gasteiger partial charge on any atom is -0.395 e. The van der Waals surface area contributed by atoms with Crippen molar-refractivity contribution in [1.29, 1.82) is 0 Å². The maximum atomic E-state index is 12.5. The molecule has 0 spiro atoms. The normalized spacial score (nSPS) is 10.9. The Kier molecular flexibility index (Phi) is 3.85. The number of likely N-dealkylation sites (N-methyl/N-ethyl adjacent to an activating group) is 1. The molecule has 0 atom stereocenters. The van der Waals surface area contributed by atoms with Crippen molar-refractivity contribution in [1.82, 2.24) is 14.3 Å². The van der Waals surface area contributed by atoms with Crippen molar-refractivity contribution in [3.05, 3.63) is 35.3 Å². The Morgan fingerprint density at radius 2 is 2.21 bits per heavy atom. The fraction of sp³-hybridized carbons (Fsp3) is 0.429. The molecule has 1 amide bonds. The minimum atomic E-state index is -0.107. The molecule has 0 aromatic carbocycles. The summed E-state index contributed by atoms with van der Waals surface area (Å²) in [5.74, 6) is -0.107. The van der Waals surface area contributed by atoms with E-state index < -0.39 is 0 Å². The second-order valence-corrected chi connectivity index (χ2v) is 4.65. The van der Waals surface area contributed by atoms with E-state index >= 15 is 0 Å². The molecule has 0 radical (unpaired) electrons. The highest BCUT2D eigenvalue weighted by molar-refractivity contribution is 5.94. The molecular weight excluding hydrogens is 242 g/mol. The van der Waals surface area contributed by atoms with Gasteiger partial charge in [0.2, 0.25) is 0 Å². The van der Waals surface area contributed by atoms with Gasteiger partial charge in [-0.05, 0) is 25.0 Å². The molecule has 2 heterocycles. The van der Waals surface area contributed by atoms with Crippen LogP contribution in [0.15, 0.2) is 18.3 Å². The van der Waals surface area contributed by atoms with Gasteiger partial charge in [0.1, 0.15) is 11.3 Å². The van der Waals surface area contributed by atoms with E-state index in [2.05, 4.69) is 4.98 Å². The van der Waals surface area contributed by atoms with Gasteiger partial charge in [-0.3, -0.25) is 9.20 Å². The third-order valence-corrected chi connectivity index (χ3v) is 3.16. The summed E-state index contributed by atoms with van der Waals surface area (Å²) in [5, 5.41) is 8.95. The number of aryl methyl sites for hydroxylation is 2. The second kappa shape index (κ2) is 5.40. The van der Waals surface area contributed by atoms with E-state index in [1.165, 1.54) is 4.90 Å². The van der Waals surface area contributed by atoms with E-state index in [0.717, 1.165) is 16.9 Å². The number of nitrogens with zero attached hydrogens (tertiary/aromatic N) is 3. The number of fused-ring (bicyclic) bond motifs is 1. The van der Waals surface area contributed by atoms with Crippen LogP contribution < -0.4 is 0 Å². The largest absolute Gasteiger partial charge is 0.395 e. The van der Waals surface area contributed by atoms with Gasteiger partial charge in [-0.1, -0.05) is 13.0 Å². The summed E-state index contributed by atoms with van der Waals surface area (Å²) < 4.78 is 1.84. The Labute approximate surface area is 112 Å². The van der Waals surface area contributed by atoms with Crippen LogP contribution in [0.2, 0.25) is 0 Å². The van der Waals surface area contributed by atoms with Crippen LogP contribution in [0.3, 0.4) is 0 Å². The molecule has 2 rings (SSSR count). The summed E-state index contributed by atoms with van der Waals surface area (Å²) in [5.41, 5.74) is 3.24. The number of carbonyl (C=O) groups excluding carboxylic acids is 1. The highest BCUT2D eigenvalue weighted by atomic mass is 16.3. The molecule has 19 heavy (non-hydrogen) atoms. The Morgan fingerprint density at radius 1 is 1.47 bits per heavy atom. The lowest BCUT2D eigenvalue weighted by Gasteiger charge is -2.16. The van der Waals surface area contributed by atoms with Gasteiger partial charge in [0.25, 0.3) is 5.91 Å². The molecule has 5 heteroatoms. The van der Waals surface area contributed by atoms with E-state index in [1.807, 2.05) is 36.6 Å². The molecular formula is C14H19N3O2. The Morgan fingerprint density at radius 3 is 2.84 bits per heavy atom. The van der Waals surface area contributed by atoms with Gasteiger partial charge in [-0.15, -0.1) is 0 Å². The predicted molar refractivity (Wildman–Crippen MR) is 73.4 cm³/mol. The maximum Gasteiger partial charge on any atom is 0.272 e. The van der Waals surface area contributed by atoms with Crippen LogP contribution in [0.5, 0.6) is 0 Å². The number of hydrogen-bond acceptors (Lipinski definition) is 3. The fourth-order valence-electron chi connectivity index (χ4n) is 2.10. The fourth-order valence-corrected chi connectivity index (χ4v) is 2.10. The number of pyridine rings is 1. The summed E-state index contributed by atoms with van der Waals surface area (Å²) >= 11 is 0. The lowest BCUT2D eigenvalue weighted by molar-refractivity contribution is 0.0759. The van der Waals surface area contributed by atoms with Crippen molar-refractivity contribution in [3.63, 3.8) is 0 Å². The van der Waals surface area contributed by atoms with Crippen molar-refractivity contribution in [2.75, 3.05) is 20.2 Å². The van der Waals surface area contributed by atoms with Crippen LogP contribution in [0, 0.1) is 6.92 Å². The molecule has 0 aliphatic carbocycles. The van der Waals surface area contributed by atoms with Gasteiger partial charge in [0.05, 0.1) is 12.3 Å². The highest BCUT2D eigenvalue weighted by Gasteiger charge is 2.21. The lowest BCUT2D eigenvalue weighted by Crippen LogP contribution is -2.31. The third kappa shape index (κ3) is 2.46. The van der Waals surface area contributed by atoms with Crippen LogP contribution in [0.25, 0.3) is 5.65 Å². The summed E-state index contributed by atoms with van der Waals surface area (Å²) in [6.45, 7) is 4.24. The van der Waals surface area contributed by atoms with Crippen molar-refractivity contribution >= 4 is 11.6 Å². The van der Waals surface area contributed by atoms with Gasteiger partial charge in [0.15, 0.2) is 0 Å². The van der Waals surface area contributed by atoms with E-state index in [9.17, 15) is 4.79 Å². The number of aromatic nitrogens is 2. The van der Waals surface area contributed by atoms with Gasteiger partial charge < -0.3 is 10.0 Å². The first kappa shape index (κ1) is 13.5. The number of aliphatic hydroxyl groups is 1. The molecule has 5 nitrogen and oxygen atoms in total. The smallest absolute Gasteiger partial charge is 0.272 e. The van der Waals surface area contributed by atoms with Crippen molar-refractivity contribution in [2.45, 2.75) is 20.3 Å². The number of aliphatic hydroxyl groups excluding tert-OH is 1. The molecule has 0 unspecified atom stereocenters. The van der Waals surface area contributed by atoms with Crippen LogP contribution in [-0.2, 0) is 6.42 Å². The van der Waals surface area contributed by atoms with Gasteiger partial charge >= 0.3 is 0 Å². The molecule has 0 bridgehead atoms. The topological polar surface area (TPSA) is 57.8 Å². The number of rotatable bonds is 4. The zero-order valence-corrected chi connectivity index (χ0v) is 11.6. The highest BCUT2D eigenvalue weighted by Crippen LogP contribution is 2.16. The maximum absolute atomic E-state index is 12.5. The zero-order valence-electron chi connectivity index (χ0n) is 11.6. The summed E-state index contributed by atoms with van der Waals surface area (Å²) in [6, 6.07) is 3.89. The molecule has 1 N–H and O–H groups in total. The van der Waals surface area contributed by atoms with Crippen LogP contribution in [0.1, 0.15) is 28.7 Å². The first-order chi connectivity index (χ1) is 9.08. The van der Waals surface area contributed by atoms with Crippen molar-refractivity contribution in [2.24, 2.45) is 0 Å². The number of hydrogen-bond donors (Lipinski definition) is 1. The van der Waals surface area contributed by atoms with E-state index in [4.69, 9.17) is 5.11 Å². The van der Waals surface area contributed by atoms with E-state index in [-0.39, 0.29) is 12.5 Å². The third-order valence-electron chi connectivity index (χ3n) is 3.16. The lowest BCUT2D eigenvalue weighted by atomic mass is 10.2. The number of amides is 1. The molecule has 0 saturated heterocycles. The Bertz CT molecular complexity index is 604. The zero-order chi connectivity index (χ0) is 14.0. The Hall–Kier alpha value is -1.88. The van der Waals surface area contributed by atoms with Crippen LogP contribution in [0.4, 0.5) is 0 Å².